The summed E-state index contributed by atoms with van der Waals surface area (Å²) in [7, 11) is 0. The highest BCUT2D eigenvalue weighted by atomic mass is 15.0. The Morgan fingerprint density at radius 3 is 2.00 bits per heavy atom. The molecule has 0 heterocycles. The van der Waals surface area contributed by atoms with Crippen molar-refractivity contribution in [2.24, 2.45) is 10.4 Å². The van der Waals surface area contributed by atoms with Crippen molar-refractivity contribution >= 4 is 5.84 Å². The van der Waals surface area contributed by atoms with Gasteiger partial charge in [-0.2, -0.15) is 0 Å². The second-order valence-corrected chi connectivity index (χ2v) is 5.37. The Bertz CT molecular complexity index is 269. The molecule has 0 aliphatic rings. The van der Waals surface area contributed by atoms with E-state index in [0.29, 0.717) is 6.04 Å². The van der Waals surface area contributed by atoms with E-state index in [1.54, 1.807) is 0 Å². The summed E-state index contributed by atoms with van der Waals surface area (Å²) in [6.45, 7) is 14.6. The van der Waals surface area contributed by atoms with Crippen LogP contribution in [0.2, 0.25) is 0 Å². The summed E-state index contributed by atoms with van der Waals surface area (Å²) in [6.07, 6.45) is 0. The Labute approximate surface area is 94.6 Å². The van der Waals surface area contributed by atoms with Crippen molar-refractivity contribution in [1.29, 1.82) is 0 Å². The van der Waals surface area contributed by atoms with Crippen LogP contribution in [0, 0.1) is 17.3 Å². The molecule has 0 unspecified atom stereocenters. The molecule has 0 aliphatic heterocycles. The molecule has 0 fully saturated rings. The van der Waals surface area contributed by atoms with Gasteiger partial charge in [-0.25, -0.2) is 0 Å². The molecule has 0 aliphatic carbocycles. The van der Waals surface area contributed by atoms with Gasteiger partial charge in [-0.05, 0) is 54.4 Å². The zero-order chi connectivity index (χ0) is 12.1. The first-order valence-corrected chi connectivity index (χ1v) is 5.58. The first kappa shape index (κ1) is 14.0. The van der Waals surface area contributed by atoms with Crippen molar-refractivity contribution in [3.63, 3.8) is 0 Å². The van der Waals surface area contributed by atoms with Gasteiger partial charge in [0.25, 0.3) is 0 Å². The Morgan fingerprint density at radius 1 is 1.13 bits per heavy atom. The number of hydrogen-bond acceptors (Lipinski definition) is 1. The van der Waals surface area contributed by atoms with Gasteiger partial charge >= 0.3 is 0 Å². The van der Waals surface area contributed by atoms with Gasteiger partial charge in [0.1, 0.15) is 0 Å². The second-order valence-electron chi connectivity index (χ2n) is 5.37. The quantitative estimate of drug-likeness (QED) is 0.421. The smallest absolute Gasteiger partial charge is 0.174 e. The topological polar surface area (TPSA) is 24.4 Å². The fourth-order valence-electron chi connectivity index (χ4n) is 0.884. The maximum absolute atomic E-state index is 4.45. The highest BCUT2D eigenvalue weighted by molar-refractivity contribution is 5.98. The fraction of sp³-hybridized carbons (Fsp3) is 0.769. The van der Waals surface area contributed by atoms with Gasteiger partial charge in [0.15, 0.2) is 5.84 Å². The lowest BCUT2D eigenvalue weighted by Crippen LogP contribution is -2.30. The van der Waals surface area contributed by atoms with Gasteiger partial charge in [0.2, 0.25) is 0 Å². The van der Waals surface area contributed by atoms with Crippen LogP contribution in [0.25, 0.3) is 0 Å². The van der Waals surface area contributed by atoms with E-state index in [9.17, 15) is 0 Å². The highest BCUT2D eigenvalue weighted by Gasteiger charge is 2.05. The average Bonchev–Trinajstić information content (AvgIpc) is 1.96. The monoisotopic (exact) mass is 208 g/mol. The summed E-state index contributed by atoms with van der Waals surface area (Å²) < 4.78 is 0. The number of hydrogen-bond donors (Lipinski definition) is 1. The van der Waals surface area contributed by atoms with Crippen LogP contribution in [0.15, 0.2) is 4.99 Å². The van der Waals surface area contributed by atoms with E-state index in [4.69, 9.17) is 0 Å². The third-order valence-corrected chi connectivity index (χ3v) is 1.37. The molecule has 86 valence electrons. The molecule has 1 N–H and O–H groups in total. The molecule has 0 atom stereocenters. The molecule has 0 rings (SSSR count). The maximum atomic E-state index is 4.45. The Kier molecular flexibility index (Phi) is 5.43. The number of aliphatic imine (C=N–C) groups is 1. The predicted octanol–water partition coefficient (Wildman–Crippen LogP) is 2.84. The Morgan fingerprint density at radius 2 is 1.67 bits per heavy atom. The van der Waals surface area contributed by atoms with E-state index in [1.807, 2.05) is 0 Å². The van der Waals surface area contributed by atoms with Gasteiger partial charge in [-0.3, -0.25) is 4.99 Å². The highest BCUT2D eigenvalue weighted by Crippen LogP contribution is 2.09. The number of amidine groups is 1. The third kappa shape index (κ3) is 9.34. The lowest BCUT2D eigenvalue weighted by Gasteiger charge is -2.11. The first-order valence-electron chi connectivity index (χ1n) is 5.58. The molecule has 0 aromatic heterocycles. The summed E-state index contributed by atoms with van der Waals surface area (Å²) >= 11 is 0. The van der Waals surface area contributed by atoms with Crippen molar-refractivity contribution in [3.8, 4) is 11.8 Å². The fourth-order valence-corrected chi connectivity index (χ4v) is 0.884. The van der Waals surface area contributed by atoms with E-state index >= 15 is 0 Å². The zero-order valence-corrected chi connectivity index (χ0v) is 11.1. The van der Waals surface area contributed by atoms with Crippen molar-refractivity contribution in [3.05, 3.63) is 0 Å². The van der Waals surface area contributed by atoms with Gasteiger partial charge in [0.05, 0.1) is 0 Å². The number of rotatable bonds is 2. The average molecular weight is 208 g/mol. The van der Waals surface area contributed by atoms with Crippen LogP contribution in [0.3, 0.4) is 0 Å². The number of nitrogens with zero attached hydrogens (tertiary/aromatic N) is 1. The van der Waals surface area contributed by atoms with Gasteiger partial charge in [-0.15, -0.1) is 0 Å². The zero-order valence-electron chi connectivity index (χ0n) is 11.1. The largest absolute Gasteiger partial charge is 0.361 e. The Balaban J connectivity index is 4.71. The molecule has 0 aromatic rings. The third-order valence-electron chi connectivity index (χ3n) is 1.37. The molecular formula is C13H24N2. The van der Waals surface area contributed by atoms with Crippen molar-refractivity contribution in [2.45, 2.75) is 60.5 Å². The van der Waals surface area contributed by atoms with E-state index in [2.05, 4.69) is 70.6 Å². The summed E-state index contributed by atoms with van der Waals surface area (Å²) in [5, 5.41) is 3.26. The van der Waals surface area contributed by atoms with Crippen molar-refractivity contribution < 1.29 is 0 Å². The van der Waals surface area contributed by atoms with Crippen LogP contribution in [-0.2, 0) is 0 Å². The molecule has 0 spiro atoms. The second kappa shape index (κ2) is 5.80. The summed E-state index contributed by atoms with van der Waals surface area (Å²) in [5.41, 5.74) is 0.0242. The van der Waals surface area contributed by atoms with Crippen LogP contribution in [0.5, 0.6) is 0 Å². The first-order chi connectivity index (χ1) is 6.70. The lowest BCUT2D eigenvalue weighted by atomic mass is 9.98. The molecule has 0 bridgehead atoms. The van der Waals surface area contributed by atoms with Crippen molar-refractivity contribution in [1.82, 2.24) is 5.32 Å². The maximum Gasteiger partial charge on any atom is 0.174 e. The predicted molar refractivity (Wildman–Crippen MR) is 68.1 cm³/mol. The minimum Gasteiger partial charge on any atom is -0.361 e. The molecule has 0 radical (unpaired) electrons. The molecule has 0 amide bonds. The molecule has 0 saturated heterocycles. The van der Waals surface area contributed by atoms with Crippen LogP contribution >= 0.6 is 0 Å². The molecule has 2 nitrogen and oxygen atoms in total. The van der Waals surface area contributed by atoms with E-state index in [-0.39, 0.29) is 11.5 Å². The standard InChI is InChI=1S/C13H24N2/c1-10(2)14-12(15-11(3)4)8-9-13(5,6)7/h10-11H,1-7H3,(H,14,15). The van der Waals surface area contributed by atoms with E-state index < -0.39 is 0 Å². The van der Waals surface area contributed by atoms with Crippen LogP contribution in [0.1, 0.15) is 48.5 Å². The lowest BCUT2D eigenvalue weighted by molar-refractivity contribution is 0.571. The van der Waals surface area contributed by atoms with Crippen LogP contribution in [0.4, 0.5) is 0 Å². The van der Waals surface area contributed by atoms with E-state index in [1.165, 1.54) is 0 Å². The normalized spacial score (nSPS) is 12.7. The van der Waals surface area contributed by atoms with E-state index in [0.717, 1.165) is 5.84 Å². The van der Waals surface area contributed by atoms with Crippen LogP contribution < -0.4 is 5.32 Å². The molecule has 0 aromatic carbocycles. The van der Waals surface area contributed by atoms with Gasteiger partial charge < -0.3 is 5.32 Å². The SMILES string of the molecule is CC(C)N=C(C#CC(C)(C)C)NC(C)C. The summed E-state index contributed by atoms with van der Waals surface area (Å²) in [4.78, 5) is 4.45. The molecule has 0 saturated carbocycles. The Hall–Kier alpha value is -0.970. The van der Waals surface area contributed by atoms with Crippen LogP contribution in [-0.4, -0.2) is 17.9 Å². The summed E-state index contributed by atoms with van der Waals surface area (Å²) in [6, 6.07) is 0.650. The molecule has 15 heavy (non-hydrogen) atoms. The summed E-state index contributed by atoms with van der Waals surface area (Å²) in [5.74, 6) is 7.10. The molecular weight excluding hydrogens is 184 g/mol. The van der Waals surface area contributed by atoms with Gasteiger partial charge in [-0.1, -0.05) is 5.92 Å². The number of nitrogens with one attached hydrogen (secondary N) is 1. The molecule has 2 heteroatoms. The minimum atomic E-state index is 0.0242. The minimum absolute atomic E-state index is 0.0242. The van der Waals surface area contributed by atoms with Gasteiger partial charge in [0, 0.05) is 17.5 Å². The van der Waals surface area contributed by atoms with Crippen molar-refractivity contribution in [2.75, 3.05) is 0 Å².